The van der Waals surface area contributed by atoms with Crippen LogP contribution in [-0.4, -0.2) is 35.4 Å². The molecule has 3 aromatic carbocycles. The Bertz CT molecular complexity index is 1140. The molecule has 0 heterocycles. The van der Waals surface area contributed by atoms with Gasteiger partial charge in [-0.25, -0.2) is 4.39 Å². The standard InChI is InChI=1S/C27H30BrFN2O3/c1-4-18(3)30-27(33)23(5-2)31(16-19-10-13-21(29)14-11-19)25(32)17-34-24-15-12-20-8-6-7-9-22(20)26(24)28/h6-15,18,23H,4-5,16-17H2,1-3H3,(H,30,33)/t18-,23-/m0/s1. The van der Waals surface area contributed by atoms with E-state index in [-0.39, 0.29) is 36.8 Å². The second kappa shape index (κ2) is 12.0. The average Bonchev–Trinajstić information content (AvgIpc) is 2.84. The lowest BCUT2D eigenvalue weighted by molar-refractivity contribution is -0.143. The van der Waals surface area contributed by atoms with Crippen LogP contribution in [0.3, 0.4) is 0 Å². The van der Waals surface area contributed by atoms with Gasteiger partial charge in [0.2, 0.25) is 5.91 Å². The number of rotatable bonds is 10. The molecule has 7 heteroatoms. The number of fused-ring (bicyclic) bond motifs is 1. The summed E-state index contributed by atoms with van der Waals surface area (Å²) in [7, 11) is 0. The first kappa shape index (κ1) is 25.7. The lowest BCUT2D eigenvalue weighted by atomic mass is 10.1. The monoisotopic (exact) mass is 528 g/mol. The van der Waals surface area contributed by atoms with Gasteiger partial charge in [-0.3, -0.25) is 9.59 Å². The van der Waals surface area contributed by atoms with Crippen LogP contribution in [-0.2, 0) is 16.1 Å². The maximum atomic E-state index is 13.4. The molecule has 34 heavy (non-hydrogen) atoms. The first-order valence-electron chi connectivity index (χ1n) is 11.5. The zero-order valence-corrected chi connectivity index (χ0v) is 21.3. The van der Waals surface area contributed by atoms with Crippen LogP contribution in [0.1, 0.15) is 39.2 Å². The molecule has 0 radical (unpaired) electrons. The first-order chi connectivity index (χ1) is 16.3. The molecule has 0 bridgehead atoms. The highest BCUT2D eigenvalue weighted by molar-refractivity contribution is 9.10. The summed E-state index contributed by atoms with van der Waals surface area (Å²) in [6, 6.07) is 16.9. The molecule has 180 valence electrons. The third-order valence-corrected chi connectivity index (χ3v) is 6.65. The molecule has 5 nitrogen and oxygen atoms in total. The SMILES string of the molecule is CC[C@H](C)NC(=O)[C@H](CC)N(Cc1ccc(F)cc1)C(=O)COc1ccc2ccccc2c1Br. The van der Waals surface area contributed by atoms with Crippen molar-refractivity contribution >= 4 is 38.5 Å². The van der Waals surface area contributed by atoms with Crippen LogP contribution in [0, 0.1) is 5.82 Å². The molecule has 0 spiro atoms. The van der Waals surface area contributed by atoms with Crippen molar-refractivity contribution < 1.29 is 18.7 Å². The normalized spacial score (nSPS) is 12.7. The van der Waals surface area contributed by atoms with Crippen LogP contribution >= 0.6 is 15.9 Å². The van der Waals surface area contributed by atoms with Gasteiger partial charge in [-0.05, 0) is 70.2 Å². The van der Waals surface area contributed by atoms with Gasteiger partial charge in [-0.2, -0.15) is 0 Å². The average molecular weight is 529 g/mol. The van der Waals surface area contributed by atoms with E-state index in [1.807, 2.05) is 57.2 Å². The number of ether oxygens (including phenoxy) is 1. The van der Waals surface area contributed by atoms with Crippen LogP contribution in [0.15, 0.2) is 65.1 Å². The molecular weight excluding hydrogens is 499 g/mol. The number of halogens is 2. The van der Waals surface area contributed by atoms with Gasteiger partial charge in [0.1, 0.15) is 17.6 Å². The van der Waals surface area contributed by atoms with Gasteiger partial charge in [0.15, 0.2) is 6.61 Å². The molecular formula is C27H30BrFN2O3. The van der Waals surface area contributed by atoms with Crippen molar-refractivity contribution in [1.82, 2.24) is 10.2 Å². The highest BCUT2D eigenvalue weighted by Crippen LogP contribution is 2.33. The molecule has 3 rings (SSSR count). The molecule has 0 aliphatic rings. The fourth-order valence-corrected chi connectivity index (χ4v) is 4.30. The predicted molar refractivity (Wildman–Crippen MR) is 136 cm³/mol. The van der Waals surface area contributed by atoms with Crippen LogP contribution < -0.4 is 10.1 Å². The Kier molecular flexibility index (Phi) is 9.05. The van der Waals surface area contributed by atoms with Crippen LogP contribution in [0.25, 0.3) is 10.8 Å². The fraction of sp³-hybridized carbons (Fsp3) is 0.333. The Balaban J connectivity index is 1.82. The van der Waals surface area contributed by atoms with Crippen molar-refractivity contribution in [3.8, 4) is 5.75 Å². The summed E-state index contributed by atoms with van der Waals surface area (Å²) >= 11 is 3.58. The minimum Gasteiger partial charge on any atom is -0.483 e. The largest absolute Gasteiger partial charge is 0.483 e. The van der Waals surface area contributed by atoms with Crippen molar-refractivity contribution in [3.05, 3.63) is 76.5 Å². The van der Waals surface area contributed by atoms with E-state index in [0.29, 0.717) is 12.2 Å². The Hall–Kier alpha value is -2.93. The molecule has 0 fully saturated rings. The number of hydrogen-bond acceptors (Lipinski definition) is 3. The third-order valence-electron chi connectivity index (χ3n) is 5.83. The van der Waals surface area contributed by atoms with Crippen LogP contribution in [0.5, 0.6) is 5.75 Å². The van der Waals surface area contributed by atoms with Gasteiger partial charge in [0, 0.05) is 12.6 Å². The minimum absolute atomic E-state index is 0.00544. The van der Waals surface area contributed by atoms with Crippen molar-refractivity contribution in [2.24, 2.45) is 0 Å². The molecule has 3 aromatic rings. The summed E-state index contributed by atoms with van der Waals surface area (Å²) in [6.07, 6.45) is 1.22. The number of hydrogen-bond donors (Lipinski definition) is 1. The maximum Gasteiger partial charge on any atom is 0.261 e. The van der Waals surface area contributed by atoms with Crippen LogP contribution in [0.4, 0.5) is 4.39 Å². The minimum atomic E-state index is -0.671. The Morgan fingerprint density at radius 3 is 2.41 bits per heavy atom. The highest BCUT2D eigenvalue weighted by atomic mass is 79.9. The van der Waals surface area contributed by atoms with E-state index in [1.54, 1.807) is 12.1 Å². The number of amides is 2. The lowest BCUT2D eigenvalue weighted by Gasteiger charge is -2.31. The smallest absolute Gasteiger partial charge is 0.261 e. The highest BCUT2D eigenvalue weighted by Gasteiger charge is 2.29. The van der Waals surface area contributed by atoms with E-state index >= 15 is 0 Å². The molecule has 0 saturated carbocycles. The molecule has 2 amide bonds. The summed E-state index contributed by atoms with van der Waals surface area (Å²) in [5.74, 6) is -0.340. The Labute approximate surface area is 208 Å². The van der Waals surface area contributed by atoms with Crippen molar-refractivity contribution in [1.29, 1.82) is 0 Å². The quantitative estimate of drug-likeness (QED) is 0.359. The Morgan fingerprint density at radius 2 is 1.74 bits per heavy atom. The number of nitrogens with zero attached hydrogens (tertiary/aromatic N) is 1. The third kappa shape index (κ3) is 6.35. The Morgan fingerprint density at radius 1 is 1.03 bits per heavy atom. The summed E-state index contributed by atoms with van der Waals surface area (Å²) in [5.41, 5.74) is 0.733. The van der Waals surface area contributed by atoms with Gasteiger partial charge in [0.25, 0.3) is 5.91 Å². The number of nitrogens with one attached hydrogen (secondary N) is 1. The van der Waals surface area contributed by atoms with Gasteiger partial charge >= 0.3 is 0 Å². The zero-order chi connectivity index (χ0) is 24.7. The first-order valence-corrected chi connectivity index (χ1v) is 12.3. The van der Waals surface area contributed by atoms with Gasteiger partial charge in [-0.1, -0.05) is 56.3 Å². The predicted octanol–water partition coefficient (Wildman–Crippen LogP) is 5.84. The summed E-state index contributed by atoms with van der Waals surface area (Å²) in [5, 5.41) is 5.01. The van der Waals surface area contributed by atoms with E-state index in [9.17, 15) is 14.0 Å². The van der Waals surface area contributed by atoms with E-state index in [4.69, 9.17) is 4.74 Å². The van der Waals surface area contributed by atoms with Crippen molar-refractivity contribution in [2.75, 3.05) is 6.61 Å². The fourth-order valence-electron chi connectivity index (χ4n) is 3.69. The zero-order valence-electron chi connectivity index (χ0n) is 19.7. The van der Waals surface area contributed by atoms with Crippen molar-refractivity contribution in [2.45, 2.75) is 52.2 Å². The van der Waals surface area contributed by atoms with Crippen molar-refractivity contribution in [3.63, 3.8) is 0 Å². The summed E-state index contributed by atoms with van der Waals surface area (Å²) < 4.78 is 20.1. The number of carbonyl (C=O) groups excluding carboxylic acids is 2. The van der Waals surface area contributed by atoms with E-state index in [2.05, 4.69) is 21.2 Å². The molecule has 0 saturated heterocycles. The van der Waals surface area contributed by atoms with Gasteiger partial charge in [-0.15, -0.1) is 0 Å². The maximum absolute atomic E-state index is 13.4. The molecule has 0 aliphatic carbocycles. The van der Waals surface area contributed by atoms with Crippen LogP contribution in [0.2, 0.25) is 0 Å². The van der Waals surface area contributed by atoms with E-state index < -0.39 is 6.04 Å². The molecule has 1 N–H and O–H groups in total. The second-order valence-corrected chi connectivity index (χ2v) is 9.07. The van der Waals surface area contributed by atoms with E-state index in [0.717, 1.165) is 27.2 Å². The topological polar surface area (TPSA) is 58.6 Å². The summed E-state index contributed by atoms with van der Waals surface area (Å²) in [6.45, 7) is 5.73. The molecule has 0 aliphatic heterocycles. The number of carbonyl (C=O) groups is 2. The number of benzene rings is 3. The summed E-state index contributed by atoms with van der Waals surface area (Å²) in [4.78, 5) is 27.9. The van der Waals surface area contributed by atoms with Gasteiger partial charge in [0.05, 0.1) is 4.47 Å². The molecule has 2 atom stereocenters. The molecule has 0 aromatic heterocycles. The second-order valence-electron chi connectivity index (χ2n) is 8.28. The molecule has 0 unspecified atom stereocenters. The van der Waals surface area contributed by atoms with E-state index in [1.165, 1.54) is 17.0 Å². The lowest BCUT2D eigenvalue weighted by Crippen LogP contribution is -2.51. The van der Waals surface area contributed by atoms with Gasteiger partial charge < -0.3 is 15.0 Å².